The van der Waals surface area contributed by atoms with Gasteiger partial charge >= 0.3 is 0 Å². The highest BCUT2D eigenvalue weighted by molar-refractivity contribution is 7.84. The van der Waals surface area contributed by atoms with Crippen LogP contribution in [0.1, 0.15) is 6.42 Å². The summed E-state index contributed by atoms with van der Waals surface area (Å²) in [7, 11) is 0.509. The summed E-state index contributed by atoms with van der Waals surface area (Å²) in [5, 5.41) is 8.09. The van der Waals surface area contributed by atoms with Gasteiger partial charge in [-0.15, -0.1) is 10.2 Å². The fourth-order valence-corrected chi connectivity index (χ4v) is 2.35. The number of rotatable bonds is 7. The highest BCUT2D eigenvalue weighted by atomic mass is 32.2. The van der Waals surface area contributed by atoms with Crippen LogP contribution in [0.4, 0.5) is 0 Å². The zero-order chi connectivity index (χ0) is 14.4. The standard InChI is InChI=1S/C13H17N3O3S/c1-18-11-4-6-12(7-5-11)19-9-3-8-16-10-14-15-13(16)20(2)17/h4-7,10H,3,8-9H2,1-2H3/t20-/m1/s1. The Bertz CT molecular complexity index is 568. The predicted molar refractivity (Wildman–Crippen MR) is 75.5 cm³/mol. The lowest BCUT2D eigenvalue weighted by atomic mass is 10.3. The third kappa shape index (κ3) is 3.80. The molecule has 0 radical (unpaired) electrons. The van der Waals surface area contributed by atoms with Crippen molar-refractivity contribution >= 4 is 10.8 Å². The lowest BCUT2D eigenvalue weighted by Gasteiger charge is -2.08. The molecule has 2 rings (SSSR count). The molecule has 0 amide bonds. The van der Waals surface area contributed by atoms with Crippen LogP contribution in [0.3, 0.4) is 0 Å². The van der Waals surface area contributed by atoms with E-state index in [0.29, 0.717) is 18.3 Å². The third-order valence-electron chi connectivity index (χ3n) is 2.71. The van der Waals surface area contributed by atoms with Gasteiger partial charge in [0, 0.05) is 12.8 Å². The quantitative estimate of drug-likeness (QED) is 0.724. The fraction of sp³-hybridized carbons (Fsp3) is 0.385. The average molecular weight is 295 g/mol. The van der Waals surface area contributed by atoms with Crippen LogP contribution in [-0.2, 0) is 17.3 Å². The van der Waals surface area contributed by atoms with E-state index in [-0.39, 0.29) is 0 Å². The maximum Gasteiger partial charge on any atom is 0.221 e. The zero-order valence-electron chi connectivity index (χ0n) is 11.5. The van der Waals surface area contributed by atoms with Crippen molar-refractivity contribution < 1.29 is 13.7 Å². The summed E-state index contributed by atoms with van der Waals surface area (Å²) in [5.41, 5.74) is 0. The smallest absolute Gasteiger partial charge is 0.221 e. The number of methoxy groups -OCH3 is 1. The minimum Gasteiger partial charge on any atom is -0.497 e. The second-order valence-electron chi connectivity index (χ2n) is 4.14. The maximum atomic E-state index is 11.4. The van der Waals surface area contributed by atoms with Gasteiger partial charge in [-0.3, -0.25) is 4.21 Å². The third-order valence-corrected chi connectivity index (χ3v) is 3.54. The molecule has 1 atom stereocenters. The molecule has 108 valence electrons. The second-order valence-corrected chi connectivity index (χ2v) is 5.41. The van der Waals surface area contributed by atoms with Crippen LogP contribution in [0, 0.1) is 0 Å². The van der Waals surface area contributed by atoms with Crippen molar-refractivity contribution in [1.82, 2.24) is 14.8 Å². The molecule has 2 aromatic rings. The van der Waals surface area contributed by atoms with Crippen molar-refractivity contribution in [2.24, 2.45) is 0 Å². The van der Waals surface area contributed by atoms with Gasteiger partial charge in [0.15, 0.2) is 0 Å². The highest BCUT2D eigenvalue weighted by Gasteiger charge is 2.07. The molecule has 0 bridgehead atoms. The lowest BCUT2D eigenvalue weighted by Crippen LogP contribution is -2.07. The van der Waals surface area contributed by atoms with Crippen molar-refractivity contribution in [3.63, 3.8) is 0 Å². The van der Waals surface area contributed by atoms with Crippen LogP contribution >= 0.6 is 0 Å². The Morgan fingerprint density at radius 2 is 1.95 bits per heavy atom. The van der Waals surface area contributed by atoms with Gasteiger partial charge in [0.25, 0.3) is 0 Å². The molecule has 1 aromatic carbocycles. The van der Waals surface area contributed by atoms with Gasteiger partial charge in [-0.2, -0.15) is 0 Å². The van der Waals surface area contributed by atoms with Gasteiger partial charge in [-0.25, -0.2) is 0 Å². The highest BCUT2D eigenvalue weighted by Crippen LogP contribution is 2.17. The lowest BCUT2D eigenvalue weighted by molar-refractivity contribution is 0.299. The molecule has 0 aliphatic rings. The van der Waals surface area contributed by atoms with Gasteiger partial charge in [-0.1, -0.05) is 0 Å². The first-order valence-corrected chi connectivity index (χ1v) is 7.74. The van der Waals surface area contributed by atoms with E-state index in [1.54, 1.807) is 24.3 Å². The molecule has 0 aliphatic heterocycles. The van der Waals surface area contributed by atoms with E-state index < -0.39 is 10.8 Å². The number of hydrogen-bond donors (Lipinski definition) is 0. The SMILES string of the molecule is COc1ccc(OCCCn2cnnc2[S@@](C)=O)cc1. The van der Waals surface area contributed by atoms with E-state index in [9.17, 15) is 4.21 Å². The number of benzene rings is 1. The molecule has 0 saturated heterocycles. The van der Waals surface area contributed by atoms with Crippen molar-refractivity contribution in [2.45, 2.75) is 18.1 Å². The first-order chi connectivity index (χ1) is 9.70. The van der Waals surface area contributed by atoms with Crippen LogP contribution in [-0.4, -0.2) is 38.9 Å². The molecule has 0 fully saturated rings. The molecule has 7 heteroatoms. The zero-order valence-corrected chi connectivity index (χ0v) is 12.3. The van der Waals surface area contributed by atoms with E-state index in [1.165, 1.54) is 0 Å². The Labute approximate surface area is 120 Å². The molecular formula is C13H17N3O3S. The van der Waals surface area contributed by atoms with E-state index in [1.807, 2.05) is 24.3 Å². The van der Waals surface area contributed by atoms with Crippen LogP contribution < -0.4 is 9.47 Å². The average Bonchev–Trinajstić information content (AvgIpc) is 2.93. The minimum absolute atomic E-state index is 0.495. The molecule has 0 aliphatic carbocycles. The summed E-state index contributed by atoms with van der Waals surface area (Å²) in [6, 6.07) is 7.44. The Kier molecular flexibility index (Phi) is 5.11. The van der Waals surface area contributed by atoms with Crippen molar-refractivity contribution in [3.05, 3.63) is 30.6 Å². The van der Waals surface area contributed by atoms with E-state index in [4.69, 9.17) is 9.47 Å². The minimum atomic E-state index is -1.12. The molecule has 20 heavy (non-hydrogen) atoms. The Morgan fingerprint density at radius 1 is 1.25 bits per heavy atom. The van der Waals surface area contributed by atoms with E-state index >= 15 is 0 Å². The molecule has 1 aromatic heterocycles. The van der Waals surface area contributed by atoms with Crippen LogP contribution in [0.2, 0.25) is 0 Å². The summed E-state index contributed by atoms with van der Waals surface area (Å²) in [6.07, 6.45) is 3.97. The number of aromatic nitrogens is 3. The molecule has 0 spiro atoms. The Hall–Kier alpha value is -1.89. The molecule has 1 heterocycles. The Balaban J connectivity index is 1.78. The molecular weight excluding hydrogens is 278 g/mol. The first-order valence-electron chi connectivity index (χ1n) is 6.19. The maximum absolute atomic E-state index is 11.4. The monoisotopic (exact) mass is 295 g/mol. The second kappa shape index (κ2) is 7.04. The van der Waals surface area contributed by atoms with Gasteiger partial charge in [-0.05, 0) is 30.7 Å². The largest absolute Gasteiger partial charge is 0.497 e. The number of aryl methyl sites for hydroxylation is 1. The van der Waals surface area contributed by atoms with Crippen LogP contribution in [0.15, 0.2) is 35.7 Å². The number of ether oxygens (including phenoxy) is 2. The van der Waals surface area contributed by atoms with Crippen molar-refractivity contribution in [2.75, 3.05) is 20.0 Å². The molecule has 0 saturated carbocycles. The number of hydrogen-bond acceptors (Lipinski definition) is 5. The summed E-state index contributed by atoms with van der Waals surface area (Å²) in [4.78, 5) is 0. The van der Waals surface area contributed by atoms with Crippen LogP contribution in [0.5, 0.6) is 11.5 Å². The fourth-order valence-electron chi connectivity index (χ4n) is 1.72. The van der Waals surface area contributed by atoms with Gasteiger partial charge in [0.05, 0.1) is 24.5 Å². The topological polar surface area (TPSA) is 66.2 Å². The summed E-state index contributed by atoms with van der Waals surface area (Å²) in [6.45, 7) is 1.25. The summed E-state index contributed by atoms with van der Waals surface area (Å²) < 4.78 is 23.9. The summed E-state index contributed by atoms with van der Waals surface area (Å²) >= 11 is 0. The van der Waals surface area contributed by atoms with Gasteiger partial charge in [0.2, 0.25) is 5.16 Å². The van der Waals surface area contributed by atoms with Crippen molar-refractivity contribution in [3.8, 4) is 11.5 Å². The predicted octanol–water partition coefficient (Wildman–Crippen LogP) is 1.49. The van der Waals surface area contributed by atoms with Crippen molar-refractivity contribution in [1.29, 1.82) is 0 Å². The van der Waals surface area contributed by atoms with Crippen LogP contribution in [0.25, 0.3) is 0 Å². The Morgan fingerprint density at radius 3 is 2.60 bits per heavy atom. The molecule has 0 N–H and O–H groups in total. The van der Waals surface area contributed by atoms with E-state index in [2.05, 4.69) is 10.2 Å². The molecule has 6 nitrogen and oxygen atoms in total. The normalized spacial score (nSPS) is 12.1. The van der Waals surface area contributed by atoms with E-state index in [0.717, 1.165) is 17.9 Å². The van der Waals surface area contributed by atoms with Gasteiger partial charge < -0.3 is 14.0 Å². The summed E-state index contributed by atoms with van der Waals surface area (Å²) in [5.74, 6) is 1.60. The first kappa shape index (κ1) is 14.5. The van der Waals surface area contributed by atoms with Gasteiger partial charge in [0.1, 0.15) is 17.8 Å². The number of nitrogens with zero attached hydrogens (tertiary/aromatic N) is 3. The molecule has 0 unspecified atom stereocenters.